The highest BCUT2D eigenvalue weighted by Gasteiger charge is 2.37. The quantitative estimate of drug-likeness (QED) is 0.895. The first-order chi connectivity index (χ1) is 8.81. The second-order valence-electron chi connectivity index (χ2n) is 4.95. The van der Waals surface area contributed by atoms with Crippen molar-refractivity contribution in [2.24, 2.45) is 0 Å². The minimum absolute atomic E-state index is 0.122. The van der Waals surface area contributed by atoms with E-state index in [4.69, 9.17) is 4.98 Å². The maximum absolute atomic E-state index is 4.77. The van der Waals surface area contributed by atoms with Crippen molar-refractivity contribution in [3.8, 4) is 0 Å². The number of benzene rings is 1. The van der Waals surface area contributed by atoms with Gasteiger partial charge in [0.15, 0.2) is 0 Å². The standard InChI is InChI=1S/C15H18N2S/c1-12-17-14(11-18-12)15(7-9-16-10-8-15)13-5-3-2-4-6-13/h2-6,11,16H,7-10H2,1H3. The van der Waals surface area contributed by atoms with Gasteiger partial charge in [-0.2, -0.15) is 0 Å². The fourth-order valence-corrected chi connectivity index (χ4v) is 3.60. The van der Waals surface area contributed by atoms with Crippen LogP contribution in [-0.2, 0) is 5.41 Å². The average Bonchev–Trinajstić information content (AvgIpc) is 2.88. The molecule has 94 valence electrons. The van der Waals surface area contributed by atoms with Crippen molar-refractivity contribution >= 4 is 11.3 Å². The van der Waals surface area contributed by atoms with Crippen LogP contribution in [0.4, 0.5) is 0 Å². The molecule has 0 unspecified atom stereocenters. The summed E-state index contributed by atoms with van der Waals surface area (Å²) in [6.07, 6.45) is 2.28. The molecule has 1 aliphatic rings. The second kappa shape index (κ2) is 4.82. The summed E-state index contributed by atoms with van der Waals surface area (Å²) < 4.78 is 0. The summed E-state index contributed by atoms with van der Waals surface area (Å²) in [6, 6.07) is 10.9. The van der Waals surface area contributed by atoms with Gasteiger partial charge in [0.25, 0.3) is 0 Å². The Morgan fingerprint density at radius 3 is 2.50 bits per heavy atom. The average molecular weight is 258 g/mol. The van der Waals surface area contributed by atoms with E-state index in [1.807, 2.05) is 0 Å². The Bertz CT molecular complexity index is 512. The number of rotatable bonds is 2. The summed E-state index contributed by atoms with van der Waals surface area (Å²) in [5.74, 6) is 0. The smallest absolute Gasteiger partial charge is 0.0897 e. The van der Waals surface area contributed by atoms with E-state index in [9.17, 15) is 0 Å². The Morgan fingerprint density at radius 2 is 1.89 bits per heavy atom. The minimum atomic E-state index is 0.122. The van der Waals surface area contributed by atoms with Crippen molar-refractivity contribution < 1.29 is 0 Å². The number of aromatic nitrogens is 1. The third-order valence-electron chi connectivity index (χ3n) is 3.89. The number of nitrogens with zero attached hydrogens (tertiary/aromatic N) is 1. The van der Waals surface area contributed by atoms with Crippen LogP contribution in [0.5, 0.6) is 0 Å². The molecule has 3 rings (SSSR count). The molecule has 1 aromatic heterocycles. The second-order valence-corrected chi connectivity index (χ2v) is 6.01. The molecule has 3 heteroatoms. The molecule has 1 N–H and O–H groups in total. The predicted octanol–water partition coefficient (Wildman–Crippen LogP) is 3.12. The monoisotopic (exact) mass is 258 g/mol. The van der Waals surface area contributed by atoms with E-state index in [2.05, 4.69) is 48.0 Å². The molecule has 1 aromatic carbocycles. The van der Waals surface area contributed by atoms with E-state index in [-0.39, 0.29) is 5.41 Å². The molecule has 1 aliphatic heterocycles. The lowest BCUT2D eigenvalue weighted by molar-refractivity contribution is 0.355. The number of piperidine rings is 1. The predicted molar refractivity (Wildman–Crippen MR) is 76.2 cm³/mol. The van der Waals surface area contributed by atoms with Crippen LogP contribution < -0.4 is 5.32 Å². The van der Waals surface area contributed by atoms with Gasteiger partial charge in [0.1, 0.15) is 0 Å². The van der Waals surface area contributed by atoms with Gasteiger partial charge in [-0.05, 0) is 38.4 Å². The Morgan fingerprint density at radius 1 is 1.17 bits per heavy atom. The van der Waals surface area contributed by atoms with Crippen LogP contribution in [0.15, 0.2) is 35.7 Å². The fraction of sp³-hybridized carbons (Fsp3) is 0.400. The van der Waals surface area contributed by atoms with E-state index in [1.54, 1.807) is 11.3 Å². The van der Waals surface area contributed by atoms with Gasteiger partial charge in [0.2, 0.25) is 0 Å². The molecular weight excluding hydrogens is 240 g/mol. The van der Waals surface area contributed by atoms with Gasteiger partial charge in [-0.25, -0.2) is 4.98 Å². The maximum Gasteiger partial charge on any atom is 0.0897 e. The number of nitrogens with one attached hydrogen (secondary N) is 1. The molecule has 2 aromatic rings. The lowest BCUT2D eigenvalue weighted by Crippen LogP contribution is -2.41. The van der Waals surface area contributed by atoms with Gasteiger partial charge >= 0.3 is 0 Å². The van der Waals surface area contributed by atoms with Crippen LogP contribution in [-0.4, -0.2) is 18.1 Å². The van der Waals surface area contributed by atoms with Crippen LogP contribution in [0, 0.1) is 6.92 Å². The van der Waals surface area contributed by atoms with Gasteiger partial charge in [-0.1, -0.05) is 30.3 Å². The Kier molecular flexibility index (Phi) is 3.18. The zero-order valence-electron chi connectivity index (χ0n) is 10.6. The number of hydrogen-bond acceptors (Lipinski definition) is 3. The summed E-state index contributed by atoms with van der Waals surface area (Å²) in [6.45, 7) is 4.24. The first-order valence-corrected chi connectivity index (χ1v) is 7.38. The molecule has 1 fully saturated rings. The lowest BCUT2D eigenvalue weighted by atomic mass is 9.71. The molecule has 0 radical (unpaired) electrons. The molecule has 0 spiro atoms. The number of hydrogen-bond donors (Lipinski definition) is 1. The highest BCUT2D eigenvalue weighted by Crippen LogP contribution is 2.40. The summed E-state index contributed by atoms with van der Waals surface area (Å²) in [7, 11) is 0. The van der Waals surface area contributed by atoms with Crippen molar-refractivity contribution in [1.29, 1.82) is 0 Å². The van der Waals surface area contributed by atoms with Crippen LogP contribution >= 0.6 is 11.3 Å². The molecule has 18 heavy (non-hydrogen) atoms. The van der Waals surface area contributed by atoms with Gasteiger partial charge in [0.05, 0.1) is 10.7 Å². The Hall–Kier alpha value is -1.19. The molecule has 0 bridgehead atoms. The topological polar surface area (TPSA) is 24.9 Å². The van der Waals surface area contributed by atoms with Crippen molar-refractivity contribution in [2.45, 2.75) is 25.2 Å². The molecule has 2 nitrogen and oxygen atoms in total. The molecular formula is C15H18N2S. The summed E-state index contributed by atoms with van der Waals surface area (Å²) in [5.41, 5.74) is 2.80. The summed E-state index contributed by atoms with van der Waals surface area (Å²) >= 11 is 1.76. The lowest BCUT2D eigenvalue weighted by Gasteiger charge is -2.37. The van der Waals surface area contributed by atoms with Gasteiger partial charge in [-0.15, -0.1) is 11.3 Å². The molecule has 1 saturated heterocycles. The molecule has 0 amide bonds. The van der Waals surface area contributed by atoms with Gasteiger partial charge in [-0.3, -0.25) is 0 Å². The highest BCUT2D eigenvalue weighted by atomic mass is 32.1. The summed E-state index contributed by atoms with van der Waals surface area (Å²) in [5, 5.41) is 6.87. The zero-order valence-corrected chi connectivity index (χ0v) is 11.5. The van der Waals surface area contributed by atoms with E-state index >= 15 is 0 Å². The van der Waals surface area contributed by atoms with Crippen LogP contribution in [0.2, 0.25) is 0 Å². The number of thiazole rings is 1. The third-order valence-corrected chi connectivity index (χ3v) is 4.67. The molecule has 0 saturated carbocycles. The van der Waals surface area contributed by atoms with Crippen molar-refractivity contribution in [1.82, 2.24) is 10.3 Å². The Balaban J connectivity index is 2.09. The van der Waals surface area contributed by atoms with Gasteiger partial charge in [0, 0.05) is 10.8 Å². The van der Waals surface area contributed by atoms with Crippen LogP contribution in [0.1, 0.15) is 29.1 Å². The normalized spacial score (nSPS) is 18.7. The maximum atomic E-state index is 4.77. The van der Waals surface area contributed by atoms with Crippen molar-refractivity contribution in [2.75, 3.05) is 13.1 Å². The van der Waals surface area contributed by atoms with Crippen molar-refractivity contribution in [3.63, 3.8) is 0 Å². The largest absolute Gasteiger partial charge is 0.317 e. The molecule has 0 atom stereocenters. The molecule has 2 heterocycles. The SMILES string of the molecule is Cc1nc(C2(c3ccccc3)CCNCC2)cs1. The number of aryl methyl sites for hydroxylation is 1. The van der Waals surface area contributed by atoms with E-state index < -0.39 is 0 Å². The Labute approximate surface area is 112 Å². The van der Waals surface area contributed by atoms with Crippen molar-refractivity contribution in [3.05, 3.63) is 52.0 Å². The van der Waals surface area contributed by atoms with E-state index in [0.717, 1.165) is 25.9 Å². The van der Waals surface area contributed by atoms with E-state index in [1.165, 1.54) is 16.3 Å². The summed E-state index contributed by atoms with van der Waals surface area (Å²) in [4.78, 5) is 4.77. The van der Waals surface area contributed by atoms with Gasteiger partial charge < -0.3 is 5.32 Å². The van der Waals surface area contributed by atoms with Crippen LogP contribution in [0.3, 0.4) is 0 Å². The highest BCUT2D eigenvalue weighted by molar-refractivity contribution is 7.09. The van der Waals surface area contributed by atoms with E-state index in [0.29, 0.717) is 0 Å². The fourth-order valence-electron chi connectivity index (χ4n) is 2.89. The zero-order chi connectivity index (χ0) is 12.4. The third kappa shape index (κ3) is 1.98. The minimum Gasteiger partial charge on any atom is -0.317 e. The first kappa shape index (κ1) is 11.9. The van der Waals surface area contributed by atoms with Crippen LogP contribution in [0.25, 0.3) is 0 Å². The molecule has 0 aliphatic carbocycles. The first-order valence-electron chi connectivity index (χ1n) is 6.50.